The smallest absolute Gasteiger partial charge is 0.272 e. The molecule has 8 heteroatoms. The van der Waals surface area contributed by atoms with Crippen LogP contribution in [0.3, 0.4) is 0 Å². The van der Waals surface area contributed by atoms with E-state index < -0.39 is 0 Å². The molecule has 1 aromatic carbocycles. The molecule has 3 rings (SSSR count). The first-order valence-electron chi connectivity index (χ1n) is 8.67. The van der Waals surface area contributed by atoms with Gasteiger partial charge in [0.2, 0.25) is 5.91 Å². The first kappa shape index (κ1) is 19.6. The first-order valence-corrected chi connectivity index (χ1v) is 10.5. The number of aliphatic hydroxyl groups excluding tert-OH is 1. The molecule has 1 amide bonds. The van der Waals surface area contributed by atoms with E-state index in [0.717, 1.165) is 5.56 Å². The predicted molar refractivity (Wildman–Crippen MR) is 109 cm³/mol. The van der Waals surface area contributed by atoms with Gasteiger partial charge in [-0.2, -0.15) is 0 Å². The third-order valence-corrected chi connectivity index (χ3v) is 5.98. The van der Waals surface area contributed by atoms with Gasteiger partial charge in [-0.3, -0.25) is 14.2 Å². The van der Waals surface area contributed by atoms with Crippen LogP contribution in [0.5, 0.6) is 0 Å². The molecule has 3 aromatic rings. The Morgan fingerprint density at radius 1 is 1.30 bits per heavy atom. The van der Waals surface area contributed by atoms with Gasteiger partial charge >= 0.3 is 0 Å². The average Bonchev–Trinajstić information content (AvgIpc) is 3.16. The average molecular weight is 404 g/mol. The molecular weight excluding hydrogens is 382 g/mol. The van der Waals surface area contributed by atoms with E-state index in [1.807, 2.05) is 42.6 Å². The lowest BCUT2D eigenvalue weighted by atomic mass is 10.2. The number of amides is 1. The summed E-state index contributed by atoms with van der Waals surface area (Å²) < 4.78 is 2.02. The molecule has 27 heavy (non-hydrogen) atoms. The summed E-state index contributed by atoms with van der Waals surface area (Å²) in [5, 5.41) is 11.6. The van der Waals surface area contributed by atoms with Crippen LogP contribution in [-0.2, 0) is 17.9 Å². The van der Waals surface area contributed by atoms with E-state index in [-0.39, 0.29) is 30.4 Å². The van der Waals surface area contributed by atoms with Crippen LogP contribution in [0.2, 0.25) is 0 Å². The van der Waals surface area contributed by atoms with Gasteiger partial charge in [0, 0.05) is 13.1 Å². The van der Waals surface area contributed by atoms with Gasteiger partial charge in [-0.25, -0.2) is 4.98 Å². The van der Waals surface area contributed by atoms with E-state index in [1.165, 1.54) is 27.7 Å². The molecule has 0 saturated carbocycles. The maximum absolute atomic E-state index is 12.7. The van der Waals surface area contributed by atoms with Crippen molar-refractivity contribution >= 4 is 39.2 Å². The zero-order valence-electron chi connectivity index (χ0n) is 15.0. The Hall–Kier alpha value is -2.16. The molecule has 0 aliphatic heterocycles. The van der Waals surface area contributed by atoms with Crippen molar-refractivity contribution in [1.29, 1.82) is 0 Å². The quantitative estimate of drug-likeness (QED) is 0.462. The lowest BCUT2D eigenvalue weighted by Crippen LogP contribution is -2.32. The zero-order valence-corrected chi connectivity index (χ0v) is 16.6. The number of rotatable bonds is 8. The fourth-order valence-electron chi connectivity index (χ4n) is 2.73. The highest BCUT2D eigenvalue weighted by molar-refractivity contribution is 7.99. The van der Waals surface area contributed by atoms with E-state index in [0.29, 0.717) is 28.5 Å². The molecule has 0 aliphatic rings. The minimum Gasteiger partial charge on any atom is -0.395 e. The number of aliphatic hydroxyl groups is 1. The summed E-state index contributed by atoms with van der Waals surface area (Å²) in [6.07, 6.45) is 0. The van der Waals surface area contributed by atoms with Gasteiger partial charge in [0.1, 0.15) is 4.70 Å². The lowest BCUT2D eigenvalue weighted by Gasteiger charge is -2.21. The van der Waals surface area contributed by atoms with Gasteiger partial charge in [-0.15, -0.1) is 11.3 Å². The molecule has 0 radical (unpaired) electrons. The summed E-state index contributed by atoms with van der Waals surface area (Å²) in [6.45, 7) is 3.11. The number of hydrogen-bond acceptors (Lipinski definition) is 6. The van der Waals surface area contributed by atoms with E-state index in [1.54, 1.807) is 11.0 Å². The lowest BCUT2D eigenvalue weighted by molar-refractivity contribution is -0.128. The summed E-state index contributed by atoms with van der Waals surface area (Å²) in [7, 11) is 0. The number of hydrogen-bond donors (Lipinski definition) is 1. The molecule has 2 heterocycles. The minimum absolute atomic E-state index is 0.0124. The number of benzene rings is 1. The fourth-order valence-corrected chi connectivity index (χ4v) is 4.44. The third kappa shape index (κ3) is 4.58. The summed E-state index contributed by atoms with van der Waals surface area (Å²) in [5.41, 5.74) is 1.54. The number of fused-ring (bicyclic) bond motifs is 1. The van der Waals surface area contributed by atoms with Gasteiger partial charge in [0.05, 0.1) is 24.4 Å². The monoisotopic (exact) mass is 403 g/mol. The molecule has 0 spiro atoms. The highest BCUT2D eigenvalue weighted by Crippen LogP contribution is 2.21. The first-order chi connectivity index (χ1) is 13.1. The van der Waals surface area contributed by atoms with E-state index in [9.17, 15) is 14.7 Å². The van der Waals surface area contributed by atoms with Gasteiger partial charge < -0.3 is 10.0 Å². The molecule has 0 fully saturated rings. The maximum Gasteiger partial charge on any atom is 0.272 e. The Labute approximate surface area is 165 Å². The normalized spacial score (nSPS) is 11.0. The predicted octanol–water partition coefficient (Wildman–Crippen LogP) is 2.59. The molecule has 0 saturated heterocycles. The Bertz CT molecular complexity index is 969. The molecule has 0 bridgehead atoms. The van der Waals surface area contributed by atoms with Crippen LogP contribution in [-0.4, -0.2) is 44.4 Å². The summed E-state index contributed by atoms with van der Waals surface area (Å²) >= 11 is 2.57. The van der Waals surface area contributed by atoms with Crippen molar-refractivity contribution in [2.75, 3.05) is 18.9 Å². The van der Waals surface area contributed by atoms with Crippen LogP contribution in [0.25, 0.3) is 10.2 Å². The Balaban J connectivity index is 1.75. The van der Waals surface area contributed by atoms with Gasteiger partial charge in [0.25, 0.3) is 5.56 Å². The van der Waals surface area contributed by atoms with E-state index in [2.05, 4.69) is 4.98 Å². The Kier molecular flexibility index (Phi) is 6.65. The minimum atomic E-state index is -0.171. The molecule has 0 atom stereocenters. The number of thiophene rings is 1. The summed E-state index contributed by atoms with van der Waals surface area (Å²) in [5.74, 6) is 0.176. The molecule has 6 nitrogen and oxygen atoms in total. The van der Waals surface area contributed by atoms with Crippen molar-refractivity contribution in [2.45, 2.75) is 25.2 Å². The van der Waals surface area contributed by atoms with Crippen molar-refractivity contribution in [2.24, 2.45) is 0 Å². The van der Waals surface area contributed by atoms with Crippen molar-refractivity contribution in [3.63, 3.8) is 0 Å². The molecule has 2 aromatic heterocycles. The highest BCUT2D eigenvalue weighted by Gasteiger charge is 2.17. The maximum atomic E-state index is 12.7. The second-order valence-electron chi connectivity index (χ2n) is 5.89. The number of nitrogens with zero attached hydrogens (tertiary/aromatic N) is 3. The molecule has 142 valence electrons. The molecule has 0 unspecified atom stereocenters. The number of carbonyl (C=O) groups is 1. The fraction of sp³-hybridized carbons (Fsp3) is 0.316. The Morgan fingerprint density at radius 2 is 2.07 bits per heavy atom. The standard InChI is InChI=1S/C19H21N3O3S2/c1-2-21(12-14-6-4-3-5-7-14)16(24)13-27-19-20-15-8-11-26-17(15)18(25)22(19)9-10-23/h3-8,11,23H,2,9-10,12-13H2,1H3. The van der Waals surface area contributed by atoms with Crippen molar-refractivity contribution in [3.05, 3.63) is 57.7 Å². The van der Waals surface area contributed by atoms with E-state index >= 15 is 0 Å². The van der Waals surface area contributed by atoms with Gasteiger partial charge in [-0.05, 0) is 23.9 Å². The summed E-state index contributed by atoms with van der Waals surface area (Å²) in [6, 6.07) is 11.6. The van der Waals surface area contributed by atoms with Crippen molar-refractivity contribution in [3.8, 4) is 0 Å². The number of aromatic nitrogens is 2. The van der Waals surface area contributed by atoms with Gasteiger partial charge in [-0.1, -0.05) is 42.1 Å². The number of carbonyl (C=O) groups excluding carboxylic acids is 1. The van der Waals surface area contributed by atoms with Crippen LogP contribution >= 0.6 is 23.1 Å². The third-order valence-electron chi connectivity index (χ3n) is 4.13. The molecule has 1 N–H and O–H groups in total. The largest absolute Gasteiger partial charge is 0.395 e. The molecule has 0 aliphatic carbocycles. The van der Waals surface area contributed by atoms with Crippen LogP contribution < -0.4 is 5.56 Å². The summed E-state index contributed by atoms with van der Waals surface area (Å²) in [4.78, 5) is 31.5. The van der Waals surface area contributed by atoms with Crippen molar-refractivity contribution in [1.82, 2.24) is 14.5 Å². The van der Waals surface area contributed by atoms with Crippen LogP contribution in [0.4, 0.5) is 0 Å². The molecular formula is C19H21N3O3S2. The van der Waals surface area contributed by atoms with Crippen LogP contribution in [0.1, 0.15) is 12.5 Å². The SMILES string of the molecule is CCN(Cc1ccccc1)C(=O)CSc1nc2ccsc2c(=O)n1CCO. The zero-order chi connectivity index (χ0) is 19.2. The number of thioether (sulfide) groups is 1. The topological polar surface area (TPSA) is 75.4 Å². The van der Waals surface area contributed by atoms with Crippen LogP contribution in [0, 0.1) is 0 Å². The Morgan fingerprint density at radius 3 is 2.78 bits per heavy atom. The second kappa shape index (κ2) is 9.16. The highest BCUT2D eigenvalue weighted by atomic mass is 32.2. The van der Waals surface area contributed by atoms with E-state index in [4.69, 9.17) is 0 Å². The van der Waals surface area contributed by atoms with Gasteiger partial charge in [0.15, 0.2) is 5.16 Å². The second-order valence-corrected chi connectivity index (χ2v) is 7.75. The van der Waals surface area contributed by atoms with Crippen LogP contribution in [0.15, 0.2) is 51.7 Å². The van der Waals surface area contributed by atoms with Crippen molar-refractivity contribution < 1.29 is 9.90 Å².